The zero-order chi connectivity index (χ0) is 14.9. The van der Waals surface area contributed by atoms with Crippen LogP contribution in [0.3, 0.4) is 0 Å². The summed E-state index contributed by atoms with van der Waals surface area (Å²) in [5.41, 5.74) is 0. The summed E-state index contributed by atoms with van der Waals surface area (Å²) in [7, 11) is -3.01. The molecule has 21 heavy (non-hydrogen) atoms. The van der Waals surface area contributed by atoms with Gasteiger partial charge in [0, 0.05) is 4.88 Å². The lowest BCUT2D eigenvalue weighted by atomic mass is 9.95. The van der Waals surface area contributed by atoms with Gasteiger partial charge in [0.2, 0.25) is 5.91 Å². The van der Waals surface area contributed by atoms with Crippen LogP contribution >= 0.6 is 11.3 Å². The molecule has 1 aromatic heterocycles. The van der Waals surface area contributed by atoms with Gasteiger partial charge in [-0.2, -0.15) is 0 Å². The van der Waals surface area contributed by atoms with Crippen LogP contribution in [0.1, 0.15) is 43.0 Å². The first-order valence-corrected chi connectivity index (χ1v) is 10.3. The largest absolute Gasteiger partial charge is 0.348 e. The first-order chi connectivity index (χ1) is 10.1. The molecule has 1 saturated heterocycles. The highest BCUT2D eigenvalue weighted by Gasteiger charge is 2.36. The lowest BCUT2D eigenvalue weighted by Gasteiger charge is -2.25. The number of sulfone groups is 1. The quantitative estimate of drug-likeness (QED) is 0.924. The molecule has 0 unspecified atom stereocenters. The number of hydrogen-bond donors (Lipinski definition) is 1. The lowest BCUT2D eigenvalue weighted by molar-refractivity contribution is -0.125. The molecule has 2 atom stereocenters. The van der Waals surface area contributed by atoms with Gasteiger partial charge in [-0.1, -0.05) is 18.9 Å². The Balaban J connectivity index is 1.71. The van der Waals surface area contributed by atoms with Crippen LogP contribution in [0.25, 0.3) is 0 Å². The van der Waals surface area contributed by atoms with E-state index in [1.807, 2.05) is 11.4 Å². The van der Waals surface area contributed by atoms with Crippen LogP contribution in [-0.2, 0) is 14.6 Å². The molecule has 2 fully saturated rings. The van der Waals surface area contributed by atoms with Crippen molar-refractivity contribution in [3.8, 4) is 0 Å². The van der Waals surface area contributed by atoms with Gasteiger partial charge in [-0.25, -0.2) is 8.42 Å². The Labute approximate surface area is 129 Å². The van der Waals surface area contributed by atoms with E-state index in [0.29, 0.717) is 12.3 Å². The highest BCUT2D eigenvalue weighted by molar-refractivity contribution is 7.91. The summed E-state index contributed by atoms with van der Waals surface area (Å²) in [4.78, 5) is 13.6. The fourth-order valence-electron chi connectivity index (χ4n) is 3.45. The second kappa shape index (κ2) is 6.08. The molecule has 1 amide bonds. The molecular weight excluding hydrogens is 306 g/mol. The molecule has 0 bridgehead atoms. The molecule has 1 N–H and O–H groups in total. The highest BCUT2D eigenvalue weighted by Crippen LogP contribution is 2.37. The van der Waals surface area contributed by atoms with E-state index in [1.165, 1.54) is 17.7 Å². The van der Waals surface area contributed by atoms with Gasteiger partial charge in [0.05, 0.1) is 23.5 Å². The third-order valence-corrected chi connectivity index (χ3v) is 7.35. The van der Waals surface area contributed by atoms with Gasteiger partial charge < -0.3 is 5.32 Å². The van der Waals surface area contributed by atoms with Gasteiger partial charge in [-0.05, 0) is 36.6 Å². The Morgan fingerprint density at radius 1 is 1.29 bits per heavy atom. The van der Waals surface area contributed by atoms with Crippen molar-refractivity contribution in [2.75, 3.05) is 11.5 Å². The fraction of sp³-hybridized carbons (Fsp3) is 0.667. The van der Waals surface area contributed by atoms with Crippen LogP contribution in [-0.4, -0.2) is 25.8 Å². The maximum Gasteiger partial charge on any atom is 0.224 e. The highest BCUT2D eigenvalue weighted by atomic mass is 32.2. The number of carbonyl (C=O) groups excluding carboxylic acids is 1. The Morgan fingerprint density at radius 2 is 2.05 bits per heavy atom. The Hall–Kier alpha value is -0.880. The number of carbonyl (C=O) groups is 1. The van der Waals surface area contributed by atoms with E-state index in [1.54, 1.807) is 11.3 Å². The monoisotopic (exact) mass is 327 g/mol. The minimum absolute atomic E-state index is 0.0145. The third kappa shape index (κ3) is 3.48. The molecule has 6 heteroatoms. The normalized spacial score (nSPS) is 26.8. The van der Waals surface area contributed by atoms with Crippen molar-refractivity contribution in [2.24, 2.45) is 11.8 Å². The summed E-state index contributed by atoms with van der Waals surface area (Å²) < 4.78 is 23.1. The third-order valence-electron chi connectivity index (χ3n) is 4.62. The number of hydrogen-bond acceptors (Lipinski definition) is 4. The number of rotatable bonds is 4. The maximum absolute atomic E-state index is 12.4. The molecule has 1 aliphatic carbocycles. The van der Waals surface area contributed by atoms with Gasteiger partial charge in [0.1, 0.15) is 0 Å². The van der Waals surface area contributed by atoms with Crippen LogP contribution in [0.2, 0.25) is 0 Å². The average molecular weight is 327 g/mol. The van der Waals surface area contributed by atoms with Gasteiger partial charge in [-0.15, -0.1) is 11.3 Å². The van der Waals surface area contributed by atoms with Gasteiger partial charge in [0.25, 0.3) is 0 Å². The van der Waals surface area contributed by atoms with E-state index in [-0.39, 0.29) is 29.4 Å². The van der Waals surface area contributed by atoms with Crippen LogP contribution in [0.5, 0.6) is 0 Å². The Bertz CT molecular complexity index is 588. The smallest absolute Gasteiger partial charge is 0.224 e. The van der Waals surface area contributed by atoms with Gasteiger partial charge in [0.15, 0.2) is 9.84 Å². The zero-order valence-electron chi connectivity index (χ0n) is 12.0. The average Bonchev–Trinajstić information content (AvgIpc) is 3.17. The molecule has 0 aromatic carbocycles. The molecule has 1 saturated carbocycles. The van der Waals surface area contributed by atoms with Crippen LogP contribution in [0, 0.1) is 11.8 Å². The van der Waals surface area contributed by atoms with Crippen LogP contribution < -0.4 is 5.32 Å². The molecular formula is C15H21NO3S2. The van der Waals surface area contributed by atoms with Crippen molar-refractivity contribution >= 4 is 27.1 Å². The summed E-state index contributed by atoms with van der Waals surface area (Å²) >= 11 is 1.67. The summed E-state index contributed by atoms with van der Waals surface area (Å²) in [6, 6.07) is 4.14. The van der Waals surface area contributed by atoms with E-state index >= 15 is 0 Å². The minimum Gasteiger partial charge on any atom is -0.348 e. The van der Waals surface area contributed by atoms with Crippen molar-refractivity contribution in [1.29, 1.82) is 0 Å². The van der Waals surface area contributed by atoms with Crippen LogP contribution in [0.15, 0.2) is 17.5 Å². The number of amides is 1. The standard InChI is InChI=1S/C15H21NO3S2/c17-15(12-7-9-21(18,19)10-12)16-14(11-4-1-2-5-11)13-6-3-8-20-13/h3,6,8,11-12,14H,1-2,4-5,7,9-10H2,(H,16,17)/t12-,14-/m0/s1. The molecule has 0 spiro atoms. The van der Waals surface area contributed by atoms with E-state index in [2.05, 4.69) is 11.4 Å². The van der Waals surface area contributed by atoms with Gasteiger partial charge >= 0.3 is 0 Å². The summed E-state index contributed by atoms with van der Waals surface area (Å²) in [6.07, 6.45) is 5.20. The van der Waals surface area contributed by atoms with Crippen molar-refractivity contribution in [3.05, 3.63) is 22.4 Å². The summed E-state index contributed by atoms with van der Waals surface area (Å²) in [6.45, 7) is 0. The second-order valence-electron chi connectivity index (χ2n) is 6.15. The second-order valence-corrected chi connectivity index (χ2v) is 9.35. The molecule has 0 radical (unpaired) electrons. The zero-order valence-corrected chi connectivity index (χ0v) is 13.6. The molecule has 116 valence electrons. The number of thiophene rings is 1. The maximum atomic E-state index is 12.4. The topological polar surface area (TPSA) is 63.2 Å². The molecule has 2 heterocycles. The Morgan fingerprint density at radius 3 is 2.62 bits per heavy atom. The van der Waals surface area contributed by atoms with E-state index < -0.39 is 9.84 Å². The van der Waals surface area contributed by atoms with Crippen molar-refractivity contribution in [1.82, 2.24) is 5.32 Å². The predicted octanol–water partition coefficient (Wildman–Crippen LogP) is 2.53. The summed E-state index contributed by atoms with van der Waals surface area (Å²) in [5, 5.41) is 5.18. The Kier molecular flexibility index (Phi) is 4.36. The van der Waals surface area contributed by atoms with Crippen molar-refractivity contribution in [3.63, 3.8) is 0 Å². The van der Waals surface area contributed by atoms with Gasteiger partial charge in [-0.3, -0.25) is 4.79 Å². The summed E-state index contributed by atoms with van der Waals surface area (Å²) in [5.74, 6) is 0.213. The molecule has 1 aromatic rings. The van der Waals surface area contributed by atoms with Crippen molar-refractivity contribution < 1.29 is 13.2 Å². The van der Waals surface area contributed by atoms with Crippen LogP contribution in [0.4, 0.5) is 0 Å². The minimum atomic E-state index is -3.01. The molecule has 3 rings (SSSR count). The number of nitrogens with one attached hydrogen (secondary N) is 1. The molecule has 2 aliphatic rings. The fourth-order valence-corrected chi connectivity index (χ4v) is 6.06. The van der Waals surface area contributed by atoms with E-state index in [0.717, 1.165) is 12.8 Å². The predicted molar refractivity (Wildman–Crippen MR) is 83.9 cm³/mol. The van der Waals surface area contributed by atoms with Crippen molar-refractivity contribution in [2.45, 2.75) is 38.1 Å². The van der Waals surface area contributed by atoms with E-state index in [4.69, 9.17) is 0 Å². The lowest BCUT2D eigenvalue weighted by Crippen LogP contribution is -2.37. The first kappa shape index (κ1) is 15.0. The first-order valence-electron chi connectivity index (χ1n) is 7.59. The molecule has 1 aliphatic heterocycles. The molecule has 4 nitrogen and oxygen atoms in total. The SMILES string of the molecule is O=C(N[C@H](c1cccs1)C1CCCC1)[C@H]1CCS(=O)(=O)C1. The van der Waals surface area contributed by atoms with E-state index in [9.17, 15) is 13.2 Å².